The van der Waals surface area contributed by atoms with E-state index in [0.29, 0.717) is 12.8 Å². The first-order valence-electron chi connectivity index (χ1n) is 28.8. The lowest BCUT2D eigenvalue weighted by Crippen LogP contribution is -2.64. The summed E-state index contributed by atoms with van der Waals surface area (Å²) in [7, 11) is 0. The van der Waals surface area contributed by atoms with E-state index in [4.69, 9.17) is 15.0 Å². The number of hydrogen-bond acceptors (Lipinski definition) is 9. The van der Waals surface area contributed by atoms with Crippen LogP contribution in [0.3, 0.4) is 0 Å². The second-order valence-corrected chi connectivity index (χ2v) is 22.2. The van der Waals surface area contributed by atoms with Gasteiger partial charge in [0.1, 0.15) is 34.2 Å². The molecule has 0 saturated carbocycles. The average Bonchev–Trinajstić information content (AvgIpc) is 3.49. The maximum Gasteiger partial charge on any atom is 0.273 e. The van der Waals surface area contributed by atoms with Crippen LogP contribution < -0.4 is 0 Å². The molecule has 418 valence electrons. The number of carbonyl (C=O) groups is 6. The van der Waals surface area contributed by atoms with Crippen molar-refractivity contribution in [1.82, 2.24) is 44.4 Å². The Labute approximate surface area is 487 Å². The van der Waals surface area contributed by atoms with Crippen molar-refractivity contribution in [2.75, 3.05) is 39.3 Å². The van der Waals surface area contributed by atoms with Gasteiger partial charge in [0.05, 0.1) is 36.3 Å². The van der Waals surface area contributed by atoms with Gasteiger partial charge in [0, 0.05) is 51.1 Å². The first kappa shape index (κ1) is 53.4. The van der Waals surface area contributed by atoms with Crippen molar-refractivity contribution in [2.45, 2.75) is 49.1 Å². The monoisotopic (exact) mass is 1110 g/mol. The molecule has 7 aliphatic heterocycles. The Morgan fingerprint density at radius 2 is 0.524 bits per heavy atom. The Hall–Kier alpha value is -9.89. The number of fused-ring (bicyclic) bond motifs is 3. The van der Waals surface area contributed by atoms with Crippen LogP contribution in [0.1, 0.15) is 122 Å². The van der Waals surface area contributed by atoms with E-state index in [-0.39, 0.29) is 97.1 Å². The second-order valence-electron chi connectivity index (χ2n) is 22.2. The molecule has 8 atom stereocenters. The van der Waals surface area contributed by atoms with E-state index in [2.05, 4.69) is 24.3 Å². The molecule has 10 heterocycles. The number of rotatable bonds is 6. The molecule has 6 amide bonds. The standard InChI is InChI=1S/C69H61N9O6/c79-64-52-34-19-36-54(70-52)66(81)75-42-61(49-28-13-4-14-29-49)77(43-60(75)48-26-11-3-12-27-48)68(83)56-38-21-39-57(72-56)69(84)78-45-62(50-30-15-5-16-31-50)76(44-63(78)51-32-17-6-18-33-51)67(82)55-37-20-35-53(71-55)65(80)74-40-58(46-22-7-1-8-23-46)73(64)41-59(74)47-24-9-2-10-25-47/h1-30,32,34-39,50-51,58-63H,31,33,40-45H2/t50?,51?,58-,59-,60-,61-,62-,63-/m0/s1. The highest BCUT2D eigenvalue weighted by molar-refractivity contribution is 6.00. The quantitative estimate of drug-likeness (QED) is 0.158. The minimum Gasteiger partial charge on any atom is -0.330 e. The van der Waals surface area contributed by atoms with E-state index in [1.165, 1.54) is 0 Å². The number of pyridine rings is 3. The predicted molar refractivity (Wildman–Crippen MR) is 316 cm³/mol. The van der Waals surface area contributed by atoms with E-state index in [1.807, 2.05) is 155 Å². The third kappa shape index (κ3) is 10.3. The average molecular weight is 1110 g/mol. The molecular weight excluding hydrogens is 1050 g/mol. The van der Waals surface area contributed by atoms with E-state index in [9.17, 15) is 0 Å². The van der Waals surface area contributed by atoms with Crippen molar-refractivity contribution in [3.8, 4) is 0 Å². The lowest BCUT2D eigenvalue weighted by molar-refractivity contribution is 0.00339. The Morgan fingerprint density at radius 1 is 0.274 bits per heavy atom. The van der Waals surface area contributed by atoms with Gasteiger partial charge in [0.25, 0.3) is 35.4 Å². The predicted octanol–water partition coefficient (Wildman–Crippen LogP) is 9.95. The first-order valence-corrected chi connectivity index (χ1v) is 28.8. The maximum atomic E-state index is 15.5. The van der Waals surface area contributed by atoms with Gasteiger partial charge >= 0.3 is 0 Å². The SMILES string of the molecule is O=C1c2cccc(n2)C(=O)N2C[C@@H](c3ccccc3)N(C[C@H]2c2ccccc2)C(=O)c2cccc(n2)C(=O)N2C[C@@H](C3C=CC=CC3)N(C[C@H]2C2C=CC=CC2)C(=O)c2cccc(n2)C(=O)N2C[C@@H](c3ccccc3)N1C[C@H]2c1ccccc1. The summed E-state index contributed by atoms with van der Waals surface area (Å²) in [6, 6.07) is 49.2. The Morgan fingerprint density at radius 3 is 0.762 bits per heavy atom. The van der Waals surface area contributed by atoms with Gasteiger partial charge in [0.15, 0.2) is 0 Å². The molecule has 3 aromatic heterocycles. The molecule has 9 aliphatic rings. The summed E-state index contributed by atoms with van der Waals surface area (Å²) in [6.07, 6.45) is 17.4. The van der Waals surface area contributed by atoms with E-state index >= 15 is 28.8 Å². The fourth-order valence-corrected chi connectivity index (χ4v) is 13.1. The number of hydrogen-bond donors (Lipinski definition) is 0. The molecule has 3 saturated heterocycles. The van der Waals surface area contributed by atoms with Crippen LogP contribution in [0.25, 0.3) is 0 Å². The van der Waals surface area contributed by atoms with Crippen LogP contribution in [0, 0.1) is 11.8 Å². The van der Waals surface area contributed by atoms with Gasteiger partial charge in [-0.25, -0.2) is 15.0 Å². The van der Waals surface area contributed by atoms with Crippen LogP contribution in [0.5, 0.6) is 0 Å². The summed E-state index contributed by atoms with van der Waals surface area (Å²) >= 11 is 0. The number of carbonyl (C=O) groups excluding carboxylic acids is 6. The molecule has 15 heteroatoms. The van der Waals surface area contributed by atoms with E-state index in [1.54, 1.807) is 74.2 Å². The van der Waals surface area contributed by atoms with Gasteiger partial charge in [-0.2, -0.15) is 0 Å². The molecule has 12 bridgehead atoms. The van der Waals surface area contributed by atoms with E-state index in [0.717, 1.165) is 22.3 Å². The molecule has 0 N–H and O–H groups in total. The van der Waals surface area contributed by atoms with Crippen molar-refractivity contribution < 1.29 is 28.8 Å². The molecule has 2 aliphatic carbocycles. The molecule has 2 unspecified atom stereocenters. The molecule has 84 heavy (non-hydrogen) atoms. The first-order chi connectivity index (χ1) is 41.2. The summed E-state index contributed by atoms with van der Waals surface area (Å²) < 4.78 is 0. The van der Waals surface area contributed by atoms with Crippen LogP contribution >= 0.6 is 0 Å². The fraction of sp³-hybridized carbons (Fsp3) is 0.232. The molecular formula is C69H61N9O6. The van der Waals surface area contributed by atoms with Gasteiger partial charge in [-0.1, -0.05) is 188 Å². The third-order valence-electron chi connectivity index (χ3n) is 17.4. The highest BCUT2D eigenvalue weighted by atomic mass is 16.2. The highest BCUT2D eigenvalue weighted by Gasteiger charge is 2.47. The highest BCUT2D eigenvalue weighted by Crippen LogP contribution is 2.40. The van der Waals surface area contributed by atoms with Crippen molar-refractivity contribution in [3.63, 3.8) is 0 Å². The molecule has 7 aromatic rings. The van der Waals surface area contributed by atoms with Gasteiger partial charge in [-0.15, -0.1) is 0 Å². The molecule has 16 rings (SSSR count). The minimum absolute atomic E-state index is 0.0422. The molecule has 4 aromatic carbocycles. The summed E-state index contributed by atoms with van der Waals surface area (Å²) in [5.74, 6) is -2.83. The largest absolute Gasteiger partial charge is 0.330 e. The zero-order valence-corrected chi connectivity index (χ0v) is 46.1. The Balaban J connectivity index is 0.978. The second kappa shape index (κ2) is 23.2. The summed E-state index contributed by atoms with van der Waals surface area (Å²) in [5.41, 5.74) is 3.49. The van der Waals surface area contributed by atoms with Crippen LogP contribution in [0.4, 0.5) is 0 Å². The van der Waals surface area contributed by atoms with Gasteiger partial charge in [0.2, 0.25) is 0 Å². The lowest BCUT2D eigenvalue weighted by atomic mass is 9.84. The zero-order chi connectivity index (χ0) is 57.3. The summed E-state index contributed by atoms with van der Waals surface area (Å²) in [6.45, 7) is 0.504. The van der Waals surface area contributed by atoms with Crippen LogP contribution in [-0.2, 0) is 0 Å². The minimum atomic E-state index is -0.677. The number of piperazine rings is 3. The maximum absolute atomic E-state index is 15.5. The lowest BCUT2D eigenvalue weighted by Gasteiger charge is -2.50. The number of benzene rings is 4. The van der Waals surface area contributed by atoms with Crippen molar-refractivity contribution in [1.29, 1.82) is 0 Å². The van der Waals surface area contributed by atoms with Gasteiger partial charge in [-0.3, -0.25) is 28.8 Å². The molecule has 15 nitrogen and oxygen atoms in total. The van der Waals surface area contributed by atoms with Crippen molar-refractivity contribution in [2.24, 2.45) is 11.8 Å². The van der Waals surface area contributed by atoms with Gasteiger partial charge in [-0.05, 0) is 71.5 Å². The summed E-state index contributed by atoms with van der Waals surface area (Å²) in [4.78, 5) is 119. The third-order valence-corrected chi connectivity index (χ3v) is 17.4. The summed E-state index contributed by atoms with van der Waals surface area (Å²) in [5, 5.41) is 0. The zero-order valence-electron chi connectivity index (χ0n) is 46.1. The Kier molecular flexibility index (Phi) is 14.7. The smallest absolute Gasteiger partial charge is 0.273 e. The van der Waals surface area contributed by atoms with Crippen molar-refractivity contribution in [3.05, 3.63) is 281 Å². The van der Waals surface area contributed by atoms with Gasteiger partial charge < -0.3 is 29.4 Å². The molecule has 0 spiro atoms. The molecule has 0 radical (unpaired) electrons. The Bertz CT molecular complexity index is 3540. The number of allylic oxidation sites excluding steroid dienone is 6. The van der Waals surface area contributed by atoms with Crippen LogP contribution in [0.2, 0.25) is 0 Å². The van der Waals surface area contributed by atoms with Crippen LogP contribution in [-0.4, -0.2) is 131 Å². The van der Waals surface area contributed by atoms with E-state index < -0.39 is 59.9 Å². The number of amides is 6. The topological polar surface area (TPSA) is 161 Å². The molecule has 3 fully saturated rings. The number of aromatic nitrogens is 3. The van der Waals surface area contributed by atoms with Crippen LogP contribution in [0.15, 0.2) is 225 Å². The normalized spacial score (nSPS) is 24.6. The fourth-order valence-electron chi connectivity index (χ4n) is 13.1. The van der Waals surface area contributed by atoms with Crippen molar-refractivity contribution >= 4 is 35.4 Å². The number of nitrogens with zero attached hydrogens (tertiary/aromatic N) is 9.